The predicted octanol–water partition coefficient (Wildman–Crippen LogP) is 4.48. The summed E-state index contributed by atoms with van der Waals surface area (Å²) in [6, 6.07) is 14.2. The molecule has 2 aliphatic rings. The minimum absolute atomic E-state index is 0.339. The number of rotatable bonds is 0. The first-order chi connectivity index (χ1) is 9.19. The Kier molecular flexibility index (Phi) is 2.21. The molecule has 0 nitrogen and oxygen atoms in total. The third kappa shape index (κ3) is 1.46. The monoisotopic (exact) mass is 248 g/mol. The second-order valence-corrected chi connectivity index (χ2v) is 6.40. The van der Waals surface area contributed by atoms with E-state index in [4.69, 9.17) is 0 Å². The Balaban J connectivity index is 1.92. The molecule has 0 radical (unpaired) electrons. The molecule has 1 spiro atoms. The Hall–Kier alpha value is -1.56. The smallest absolute Gasteiger partial charge is 0.0214 e. The third-order valence-corrected chi connectivity index (χ3v) is 5.19. The van der Waals surface area contributed by atoms with Crippen molar-refractivity contribution < 1.29 is 0 Å². The van der Waals surface area contributed by atoms with E-state index in [1.54, 1.807) is 22.3 Å². The van der Waals surface area contributed by atoms with Gasteiger partial charge in [0.05, 0.1) is 0 Å². The summed E-state index contributed by atoms with van der Waals surface area (Å²) in [5, 5.41) is 0. The van der Waals surface area contributed by atoms with Gasteiger partial charge in [-0.1, -0.05) is 47.5 Å². The van der Waals surface area contributed by atoms with Gasteiger partial charge in [-0.3, -0.25) is 0 Å². The van der Waals surface area contributed by atoms with Crippen molar-refractivity contribution in [2.75, 3.05) is 0 Å². The van der Waals surface area contributed by atoms with E-state index in [9.17, 15) is 0 Å². The fourth-order valence-corrected chi connectivity index (χ4v) is 4.30. The molecule has 19 heavy (non-hydrogen) atoms. The zero-order chi connectivity index (χ0) is 13.0. The van der Waals surface area contributed by atoms with Crippen LogP contribution in [0, 0.1) is 13.8 Å². The Bertz CT molecular complexity index is 604. The summed E-state index contributed by atoms with van der Waals surface area (Å²) < 4.78 is 0. The molecule has 0 heterocycles. The zero-order valence-electron chi connectivity index (χ0n) is 11.8. The lowest BCUT2D eigenvalue weighted by Gasteiger charge is -2.26. The van der Waals surface area contributed by atoms with Crippen molar-refractivity contribution in [3.8, 4) is 0 Å². The van der Waals surface area contributed by atoms with Gasteiger partial charge < -0.3 is 0 Å². The first-order valence-electron chi connectivity index (χ1n) is 7.39. The van der Waals surface area contributed by atoms with Gasteiger partial charge in [-0.25, -0.2) is 0 Å². The highest BCUT2D eigenvalue weighted by Gasteiger charge is 2.44. The normalized spacial score (nSPS) is 18.6. The average molecular weight is 248 g/mol. The molecule has 0 heteroatoms. The standard InChI is InChI=1S/C19H20/c1-13-3-5-17-15(11-13)7-9-19(17)10-8-16-12-14(2)4-6-18(16)19/h3-6,11-12H,7-10H2,1-2H3. The molecule has 0 N–H and O–H groups in total. The highest BCUT2D eigenvalue weighted by Crippen LogP contribution is 2.52. The average Bonchev–Trinajstić information content (AvgIpc) is 2.93. The van der Waals surface area contributed by atoms with E-state index >= 15 is 0 Å². The van der Waals surface area contributed by atoms with Gasteiger partial charge in [0.1, 0.15) is 0 Å². The fraction of sp³-hybridized carbons (Fsp3) is 0.368. The molecule has 0 aliphatic heterocycles. The lowest BCUT2D eigenvalue weighted by atomic mass is 9.76. The topological polar surface area (TPSA) is 0 Å². The van der Waals surface area contributed by atoms with Gasteiger partial charge in [-0.15, -0.1) is 0 Å². The number of hydrogen-bond donors (Lipinski definition) is 0. The van der Waals surface area contributed by atoms with Crippen molar-refractivity contribution in [2.45, 2.75) is 44.9 Å². The van der Waals surface area contributed by atoms with Gasteiger partial charge in [0.2, 0.25) is 0 Å². The summed E-state index contributed by atoms with van der Waals surface area (Å²) in [4.78, 5) is 0. The molecule has 2 aliphatic carbocycles. The summed E-state index contributed by atoms with van der Waals surface area (Å²) in [7, 11) is 0. The molecule has 96 valence electrons. The van der Waals surface area contributed by atoms with Gasteiger partial charge >= 0.3 is 0 Å². The molecule has 0 fully saturated rings. The molecule has 0 saturated carbocycles. The van der Waals surface area contributed by atoms with Crippen molar-refractivity contribution in [1.82, 2.24) is 0 Å². The second-order valence-electron chi connectivity index (χ2n) is 6.40. The first kappa shape index (κ1) is 11.3. The maximum Gasteiger partial charge on any atom is 0.0214 e. The SMILES string of the molecule is Cc1ccc2c(c1)CCC21CCc2cc(C)ccc21. The van der Waals surface area contributed by atoms with Crippen LogP contribution in [0.4, 0.5) is 0 Å². The molecule has 0 bridgehead atoms. The van der Waals surface area contributed by atoms with Crippen LogP contribution in [0.15, 0.2) is 36.4 Å². The van der Waals surface area contributed by atoms with Crippen LogP contribution >= 0.6 is 0 Å². The highest BCUT2D eigenvalue weighted by molar-refractivity contribution is 5.54. The minimum atomic E-state index is 0.339. The van der Waals surface area contributed by atoms with Gasteiger partial charge in [0, 0.05) is 5.41 Å². The summed E-state index contributed by atoms with van der Waals surface area (Å²) in [6.45, 7) is 4.41. The van der Waals surface area contributed by atoms with Crippen LogP contribution in [0.5, 0.6) is 0 Å². The molecular formula is C19H20. The molecule has 0 atom stereocenters. The van der Waals surface area contributed by atoms with Crippen molar-refractivity contribution in [3.63, 3.8) is 0 Å². The number of fused-ring (bicyclic) bond motifs is 4. The van der Waals surface area contributed by atoms with E-state index in [1.165, 1.54) is 36.8 Å². The van der Waals surface area contributed by atoms with E-state index in [0.717, 1.165) is 0 Å². The fourth-order valence-electron chi connectivity index (χ4n) is 4.30. The highest BCUT2D eigenvalue weighted by atomic mass is 14.5. The number of aryl methyl sites for hydroxylation is 4. The third-order valence-electron chi connectivity index (χ3n) is 5.19. The van der Waals surface area contributed by atoms with Crippen LogP contribution in [-0.4, -0.2) is 0 Å². The molecule has 4 rings (SSSR count). The summed E-state index contributed by atoms with van der Waals surface area (Å²) in [5.41, 5.74) is 9.55. The van der Waals surface area contributed by atoms with Crippen molar-refractivity contribution in [3.05, 3.63) is 69.8 Å². The molecular weight excluding hydrogens is 228 g/mol. The Morgan fingerprint density at radius 3 is 1.68 bits per heavy atom. The Labute approximate surface area is 115 Å². The van der Waals surface area contributed by atoms with Crippen LogP contribution in [0.1, 0.15) is 46.2 Å². The minimum Gasteiger partial charge on any atom is -0.0590 e. The summed E-state index contributed by atoms with van der Waals surface area (Å²) in [5.74, 6) is 0. The van der Waals surface area contributed by atoms with Gasteiger partial charge in [0.25, 0.3) is 0 Å². The van der Waals surface area contributed by atoms with Crippen LogP contribution < -0.4 is 0 Å². The molecule has 0 amide bonds. The Morgan fingerprint density at radius 1 is 0.737 bits per heavy atom. The molecule has 0 aromatic heterocycles. The van der Waals surface area contributed by atoms with Gasteiger partial charge in [-0.2, -0.15) is 0 Å². The van der Waals surface area contributed by atoms with E-state index < -0.39 is 0 Å². The van der Waals surface area contributed by atoms with Crippen molar-refractivity contribution >= 4 is 0 Å². The summed E-state index contributed by atoms with van der Waals surface area (Å²) in [6.07, 6.45) is 5.12. The zero-order valence-corrected chi connectivity index (χ0v) is 11.8. The largest absolute Gasteiger partial charge is 0.0590 e. The van der Waals surface area contributed by atoms with E-state index in [2.05, 4.69) is 50.2 Å². The van der Waals surface area contributed by atoms with Crippen LogP contribution in [0.25, 0.3) is 0 Å². The first-order valence-corrected chi connectivity index (χ1v) is 7.39. The van der Waals surface area contributed by atoms with E-state index in [0.29, 0.717) is 5.41 Å². The van der Waals surface area contributed by atoms with Gasteiger partial charge in [-0.05, 0) is 61.8 Å². The number of hydrogen-bond acceptors (Lipinski definition) is 0. The quantitative estimate of drug-likeness (QED) is 0.644. The van der Waals surface area contributed by atoms with Crippen LogP contribution in [0.3, 0.4) is 0 Å². The Morgan fingerprint density at radius 2 is 1.21 bits per heavy atom. The number of benzene rings is 2. The second kappa shape index (κ2) is 3.72. The van der Waals surface area contributed by atoms with E-state index in [1.807, 2.05) is 0 Å². The van der Waals surface area contributed by atoms with Gasteiger partial charge in [0.15, 0.2) is 0 Å². The summed E-state index contributed by atoms with van der Waals surface area (Å²) >= 11 is 0. The maximum atomic E-state index is 2.40. The molecule has 2 aromatic carbocycles. The van der Waals surface area contributed by atoms with E-state index in [-0.39, 0.29) is 0 Å². The van der Waals surface area contributed by atoms with Crippen LogP contribution in [-0.2, 0) is 18.3 Å². The molecule has 0 saturated heterocycles. The molecule has 2 aromatic rings. The predicted molar refractivity (Wildman–Crippen MR) is 79.8 cm³/mol. The molecule has 0 unspecified atom stereocenters. The van der Waals surface area contributed by atoms with Crippen molar-refractivity contribution in [1.29, 1.82) is 0 Å². The lowest BCUT2D eigenvalue weighted by molar-refractivity contribution is 0.507. The van der Waals surface area contributed by atoms with Crippen molar-refractivity contribution in [2.24, 2.45) is 0 Å². The lowest BCUT2D eigenvalue weighted by Crippen LogP contribution is -2.20. The maximum absolute atomic E-state index is 2.40. The van der Waals surface area contributed by atoms with Crippen LogP contribution in [0.2, 0.25) is 0 Å².